The molecule has 2 rings (SSSR count). The van der Waals surface area contributed by atoms with Crippen molar-refractivity contribution in [3.05, 3.63) is 0 Å². The second-order valence-electron chi connectivity index (χ2n) is 6.63. The van der Waals surface area contributed by atoms with Gasteiger partial charge in [-0.1, -0.05) is 19.3 Å². The van der Waals surface area contributed by atoms with Crippen molar-refractivity contribution in [2.75, 3.05) is 33.3 Å². The Morgan fingerprint density at radius 2 is 2.00 bits per heavy atom. The second kappa shape index (κ2) is 8.71. The van der Waals surface area contributed by atoms with Gasteiger partial charge in [0.25, 0.3) is 0 Å². The summed E-state index contributed by atoms with van der Waals surface area (Å²) in [6.07, 6.45) is 8.29. The predicted molar refractivity (Wildman–Crippen MR) is 84.0 cm³/mol. The van der Waals surface area contributed by atoms with E-state index in [0.29, 0.717) is 31.0 Å². The van der Waals surface area contributed by atoms with Crippen molar-refractivity contribution < 1.29 is 9.53 Å². The van der Waals surface area contributed by atoms with E-state index in [9.17, 15) is 4.79 Å². The predicted octanol–water partition coefficient (Wildman–Crippen LogP) is 1.12. The third kappa shape index (κ3) is 5.57. The minimum Gasteiger partial charge on any atom is -0.469 e. The van der Waals surface area contributed by atoms with Gasteiger partial charge in [-0.2, -0.15) is 0 Å². The molecule has 1 heterocycles. The van der Waals surface area contributed by atoms with Crippen LogP contribution in [0.3, 0.4) is 0 Å². The summed E-state index contributed by atoms with van der Waals surface area (Å²) in [5.41, 5.74) is 5.71. The zero-order chi connectivity index (χ0) is 15.1. The SMILES string of the molecule is COC(=O)CC1CC(NC2CCCCC2)CN(CCN)C1. The summed E-state index contributed by atoms with van der Waals surface area (Å²) >= 11 is 0. The molecule has 0 aromatic rings. The van der Waals surface area contributed by atoms with Crippen molar-refractivity contribution in [2.45, 2.75) is 57.0 Å². The van der Waals surface area contributed by atoms with Crippen LogP contribution in [0, 0.1) is 5.92 Å². The second-order valence-corrected chi connectivity index (χ2v) is 6.63. The Hall–Kier alpha value is -0.650. The molecule has 0 bridgehead atoms. The molecule has 0 spiro atoms. The topological polar surface area (TPSA) is 67.6 Å². The molecular weight excluding hydrogens is 266 g/mol. The highest BCUT2D eigenvalue weighted by atomic mass is 16.5. The van der Waals surface area contributed by atoms with Gasteiger partial charge in [0.15, 0.2) is 0 Å². The normalized spacial score (nSPS) is 28.5. The smallest absolute Gasteiger partial charge is 0.305 e. The summed E-state index contributed by atoms with van der Waals surface area (Å²) < 4.78 is 4.83. The maximum atomic E-state index is 11.6. The van der Waals surface area contributed by atoms with Gasteiger partial charge in [-0.15, -0.1) is 0 Å². The van der Waals surface area contributed by atoms with E-state index in [1.165, 1.54) is 39.2 Å². The van der Waals surface area contributed by atoms with E-state index in [2.05, 4.69) is 10.2 Å². The average Bonchev–Trinajstić information content (AvgIpc) is 2.48. The van der Waals surface area contributed by atoms with E-state index in [1.54, 1.807) is 0 Å². The number of carbonyl (C=O) groups excluding carboxylic acids is 1. The van der Waals surface area contributed by atoms with E-state index in [4.69, 9.17) is 10.5 Å². The van der Waals surface area contributed by atoms with Crippen LogP contribution < -0.4 is 11.1 Å². The number of carbonyl (C=O) groups is 1. The highest BCUT2D eigenvalue weighted by Crippen LogP contribution is 2.23. The minimum atomic E-state index is -0.0917. The van der Waals surface area contributed by atoms with Crippen LogP contribution >= 0.6 is 0 Å². The molecule has 0 aromatic heterocycles. The number of hydrogen-bond donors (Lipinski definition) is 2. The molecular formula is C16H31N3O2. The number of likely N-dealkylation sites (tertiary alicyclic amines) is 1. The Kier molecular flexibility index (Phi) is 6.93. The van der Waals surface area contributed by atoms with E-state index in [1.807, 2.05) is 0 Å². The zero-order valence-corrected chi connectivity index (χ0v) is 13.4. The number of nitrogens with two attached hydrogens (primary N) is 1. The van der Waals surface area contributed by atoms with Gasteiger partial charge in [-0.05, 0) is 25.2 Å². The summed E-state index contributed by atoms with van der Waals surface area (Å²) in [5.74, 6) is 0.296. The zero-order valence-electron chi connectivity index (χ0n) is 13.4. The molecule has 5 nitrogen and oxygen atoms in total. The van der Waals surface area contributed by atoms with E-state index < -0.39 is 0 Å². The van der Waals surface area contributed by atoms with Gasteiger partial charge in [0.1, 0.15) is 0 Å². The van der Waals surface area contributed by atoms with Crippen molar-refractivity contribution in [1.29, 1.82) is 0 Å². The van der Waals surface area contributed by atoms with Crippen molar-refractivity contribution in [3.8, 4) is 0 Å². The Morgan fingerprint density at radius 3 is 2.67 bits per heavy atom. The monoisotopic (exact) mass is 297 g/mol. The third-order valence-corrected chi connectivity index (χ3v) is 4.82. The van der Waals surface area contributed by atoms with Crippen molar-refractivity contribution in [2.24, 2.45) is 11.7 Å². The van der Waals surface area contributed by atoms with Crippen LogP contribution in [0.4, 0.5) is 0 Å². The Labute approximate surface area is 128 Å². The highest BCUT2D eigenvalue weighted by Gasteiger charge is 2.30. The number of ether oxygens (including phenoxy) is 1. The van der Waals surface area contributed by atoms with Gasteiger partial charge in [0.2, 0.25) is 0 Å². The van der Waals surface area contributed by atoms with Crippen molar-refractivity contribution in [3.63, 3.8) is 0 Å². The summed E-state index contributed by atoms with van der Waals surface area (Å²) in [7, 11) is 1.47. The Balaban J connectivity index is 1.87. The van der Waals surface area contributed by atoms with Crippen LogP contribution in [0.15, 0.2) is 0 Å². The molecule has 2 aliphatic rings. The molecule has 2 atom stereocenters. The van der Waals surface area contributed by atoms with E-state index in [-0.39, 0.29) is 5.97 Å². The van der Waals surface area contributed by atoms with Gasteiger partial charge < -0.3 is 20.7 Å². The molecule has 1 aliphatic carbocycles. The lowest BCUT2D eigenvalue weighted by molar-refractivity contribution is -0.142. The van der Waals surface area contributed by atoms with Crippen molar-refractivity contribution >= 4 is 5.97 Å². The average molecular weight is 297 g/mol. The van der Waals surface area contributed by atoms with Gasteiger partial charge in [-0.3, -0.25) is 4.79 Å². The first kappa shape index (κ1) is 16.7. The van der Waals surface area contributed by atoms with E-state index >= 15 is 0 Å². The lowest BCUT2D eigenvalue weighted by Gasteiger charge is -2.40. The number of esters is 1. The number of nitrogens with one attached hydrogen (secondary N) is 1. The molecule has 122 valence electrons. The molecule has 21 heavy (non-hydrogen) atoms. The maximum absolute atomic E-state index is 11.6. The van der Waals surface area contributed by atoms with Crippen LogP contribution in [-0.4, -0.2) is 56.2 Å². The largest absolute Gasteiger partial charge is 0.469 e. The summed E-state index contributed by atoms with van der Waals surface area (Å²) in [6, 6.07) is 1.16. The summed E-state index contributed by atoms with van der Waals surface area (Å²) in [5, 5.41) is 3.83. The maximum Gasteiger partial charge on any atom is 0.305 e. The number of hydrogen-bond acceptors (Lipinski definition) is 5. The molecule has 0 amide bonds. The van der Waals surface area contributed by atoms with Crippen molar-refractivity contribution in [1.82, 2.24) is 10.2 Å². The molecule has 1 saturated heterocycles. The molecule has 2 fully saturated rings. The molecule has 5 heteroatoms. The lowest BCUT2D eigenvalue weighted by atomic mass is 9.89. The Bertz CT molecular complexity index is 319. The summed E-state index contributed by atoms with van der Waals surface area (Å²) in [4.78, 5) is 14.0. The molecule has 0 aromatic carbocycles. The van der Waals surface area contributed by atoms with Gasteiger partial charge in [0, 0.05) is 44.7 Å². The molecule has 3 N–H and O–H groups in total. The third-order valence-electron chi connectivity index (χ3n) is 4.82. The van der Waals surface area contributed by atoms with Crippen LogP contribution in [0.2, 0.25) is 0 Å². The first-order valence-electron chi connectivity index (χ1n) is 8.46. The van der Waals surface area contributed by atoms with Gasteiger partial charge in [-0.25, -0.2) is 0 Å². The number of nitrogens with zero attached hydrogens (tertiary/aromatic N) is 1. The first-order chi connectivity index (χ1) is 10.2. The van der Waals surface area contributed by atoms with Crippen LogP contribution in [0.5, 0.6) is 0 Å². The van der Waals surface area contributed by atoms with Gasteiger partial charge >= 0.3 is 5.97 Å². The molecule has 2 unspecified atom stereocenters. The van der Waals surface area contributed by atoms with Crippen LogP contribution in [0.25, 0.3) is 0 Å². The quantitative estimate of drug-likeness (QED) is 0.719. The van der Waals surface area contributed by atoms with Gasteiger partial charge in [0.05, 0.1) is 7.11 Å². The lowest BCUT2D eigenvalue weighted by Crippen LogP contribution is -2.53. The van der Waals surface area contributed by atoms with Crippen LogP contribution in [0.1, 0.15) is 44.9 Å². The molecule has 0 radical (unpaired) electrons. The summed E-state index contributed by atoms with van der Waals surface area (Å²) in [6.45, 7) is 3.63. The van der Waals surface area contributed by atoms with E-state index in [0.717, 1.165) is 26.1 Å². The molecule has 1 saturated carbocycles. The molecule has 1 aliphatic heterocycles. The fourth-order valence-electron chi connectivity index (χ4n) is 3.86. The number of methoxy groups -OCH3 is 1. The first-order valence-corrected chi connectivity index (χ1v) is 8.46. The number of piperidine rings is 1. The number of rotatable bonds is 6. The highest BCUT2D eigenvalue weighted by molar-refractivity contribution is 5.69. The fourth-order valence-corrected chi connectivity index (χ4v) is 3.86. The standard InChI is InChI=1S/C16H31N3O2/c1-21-16(20)10-13-9-15(12-19(11-13)8-7-17)18-14-5-3-2-4-6-14/h13-15,18H,2-12,17H2,1H3. The Morgan fingerprint density at radius 1 is 1.24 bits per heavy atom. The minimum absolute atomic E-state index is 0.0917. The van der Waals surface area contributed by atoms with Crippen LogP contribution in [-0.2, 0) is 9.53 Å². The fraction of sp³-hybridized carbons (Fsp3) is 0.938.